The summed E-state index contributed by atoms with van der Waals surface area (Å²) in [5.41, 5.74) is -0.444. The van der Waals surface area contributed by atoms with Crippen molar-refractivity contribution >= 4 is 29.5 Å². The lowest BCUT2D eigenvalue weighted by atomic mass is 10.0. The highest BCUT2D eigenvalue weighted by molar-refractivity contribution is 8.00. The Hall–Kier alpha value is -2.68. The molecule has 2 amide bonds. The van der Waals surface area contributed by atoms with E-state index in [2.05, 4.69) is 5.32 Å². The van der Waals surface area contributed by atoms with Gasteiger partial charge in [0.1, 0.15) is 34.2 Å². The molecule has 0 aliphatic carbocycles. The van der Waals surface area contributed by atoms with Crippen molar-refractivity contribution in [2.45, 2.75) is 37.8 Å². The van der Waals surface area contributed by atoms with Gasteiger partial charge in [0.2, 0.25) is 0 Å². The number of amides is 2. The van der Waals surface area contributed by atoms with Gasteiger partial charge in [-0.25, -0.2) is 4.79 Å². The summed E-state index contributed by atoms with van der Waals surface area (Å²) in [5.74, 6) is -0.282. The van der Waals surface area contributed by atoms with E-state index in [4.69, 9.17) is 9.47 Å². The average molecular weight is 406 g/mol. The molecule has 0 radical (unpaired) electrons. The van der Waals surface area contributed by atoms with Crippen LogP contribution in [-0.2, 0) is 19.1 Å². The van der Waals surface area contributed by atoms with Crippen LogP contribution in [0.2, 0.25) is 0 Å². The lowest BCUT2D eigenvalue weighted by Gasteiger charge is -2.48. The predicted molar refractivity (Wildman–Crippen MR) is 103 cm³/mol. The highest BCUT2D eigenvalue weighted by Crippen LogP contribution is 2.38. The number of nitrogens with zero attached hydrogens (tertiary/aromatic N) is 1. The molecule has 0 saturated carbocycles. The monoisotopic (exact) mass is 406 g/mol. The van der Waals surface area contributed by atoms with Crippen LogP contribution in [0.1, 0.15) is 20.8 Å². The van der Waals surface area contributed by atoms with Gasteiger partial charge in [0.15, 0.2) is 6.61 Å². The van der Waals surface area contributed by atoms with E-state index >= 15 is 0 Å². The molecule has 2 aliphatic heterocycles. The number of ether oxygens (including phenoxy) is 2. The van der Waals surface area contributed by atoms with Crippen LogP contribution in [0, 0.1) is 0 Å². The molecule has 3 rings (SSSR count). The fourth-order valence-corrected chi connectivity index (χ4v) is 3.96. The zero-order valence-electron chi connectivity index (χ0n) is 15.8. The van der Waals surface area contributed by atoms with Crippen LogP contribution >= 0.6 is 11.8 Å². The number of hydrogen-bond acceptors (Lipinski definition) is 7. The first-order chi connectivity index (χ1) is 13.2. The van der Waals surface area contributed by atoms with Gasteiger partial charge in [-0.05, 0) is 51.1 Å². The van der Waals surface area contributed by atoms with Gasteiger partial charge in [0.05, 0.1) is 0 Å². The van der Waals surface area contributed by atoms with E-state index < -0.39 is 23.5 Å². The van der Waals surface area contributed by atoms with Crippen molar-refractivity contribution in [3.63, 3.8) is 0 Å². The normalized spacial score (nSPS) is 21.2. The lowest BCUT2D eigenvalue weighted by Crippen LogP contribution is -2.70. The zero-order chi connectivity index (χ0) is 20.5. The molecule has 9 heteroatoms. The molecule has 2 atom stereocenters. The molecule has 2 heterocycles. The SMILES string of the molecule is CC(C)(C)OC(=O)C1=CCS[C@@H]2C(NC(=O)COc3ccc(O)cc3)C(=O)N12. The summed E-state index contributed by atoms with van der Waals surface area (Å²) in [6.07, 6.45) is 1.67. The summed E-state index contributed by atoms with van der Waals surface area (Å²) in [5, 5.41) is 11.5. The number of fused-ring (bicyclic) bond motifs is 1. The molecule has 1 aromatic carbocycles. The molecule has 8 nitrogen and oxygen atoms in total. The molecule has 0 bridgehead atoms. The molecule has 1 saturated heterocycles. The van der Waals surface area contributed by atoms with Crippen LogP contribution in [0.25, 0.3) is 0 Å². The molecule has 150 valence electrons. The summed E-state index contributed by atoms with van der Waals surface area (Å²) in [6, 6.07) is 5.25. The van der Waals surface area contributed by atoms with Crippen molar-refractivity contribution in [2.24, 2.45) is 0 Å². The zero-order valence-corrected chi connectivity index (χ0v) is 16.6. The number of carbonyl (C=O) groups excluding carboxylic acids is 3. The molecular weight excluding hydrogens is 384 g/mol. The third kappa shape index (κ3) is 4.41. The van der Waals surface area contributed by atoms with E-state index in [0.717, 1.165) is 0 Å². The number of rotatable bonds is 5. The Kier molecular flexibility index (Phi) is 5.55. The van der Waals surface area contributed by atoms with Gasteiger partial charge in [0, 0.05) is 5.75 Å². The standard InChI is InChI=1S/C19H22N2O6S/c1-19(2,3)27-18(25)13-8-9-28-17-15(16(24)21(13)17)20-14(23)10-26-12-6-4-11(22)5-7-12/h4-8,15,17,22H,9-10H2,1-3H3,(H,20,23)/t15?,17-/m1/s1. The van der Waals surface area contributed by atoms with Gasteiger partial charge in [-0.2, -0.15) is 0 Å². The molecule has 0 aromatic heterocycles. The first-order valence-electron chi connectivity index (χ1n) is 8.75. The first-order valence-corrected chi connectivity index (χ1v) is 9.80. The minimum Gasteiger partial charge on any atom is -0.508 e. The number of thioether (sulfide) groups is 1. The van der Waals surface area contributed by atoms with Gasteiger partial charge in [-0.1, -0.05) is 0 Å². The number of benzene rings is 1. The summed E-state index contributed by atoms with van der Waals surface area (Å²) in [7, 11) is 0. The number of aromatic hydroxyl groups is 1. The summed E-state index contributed by atoms with van der Waals surface area (Å²) >= 11 is 1.46. The quantitative estimate of drug-likeness (QED) is 0.562. The summed E-state index contributed by atoms with van der Waals surface area (Å²) in [4.78, 5) is 38.4. The third-order valence-electron chi connectivity index (χ3n) is 3.98. The Bertz CT molecular complexity index is 815. The van der Waals surface area contributed by atoms with Crippen LogP contribution in [0.3, 0.4) is 0 Å². The van der Waals surface area contributed by atoms with Gasteiger partial charge in [-0.3, -0.25) is 14.5 Å². The van der Waals surface area contributed by atoms with Crippen molar-refractivity contribution in [1.29, 1.82) is 0 Å². The molecule has 0 spiro atoms. The number of phenolic OH excluding ortho intramolecular Hbond substituents is 1. The smallest absolute Gasteiger partial charge is 0.355 e. The van der Waals surface area contributed by atoms with E-state index in [1.807, 2.05) is 0 Å². The van der Waals surface area contributed by atoms with Gasteiger partial charge < -0.3 is 19.9 Å². The van der Waals surface area contributed by atoms with E-state index in [1.54, 1.807) is 26.8 Å². The van der Waals surface area contributed by atoms with Gasteiger partial charge in [-0.15, -0.1) is 11.8 Å². The number of phenols is 1. The van der Waals surface area contributed by atoms with E-state index in [-0.39, 0.29) is 29.3 Å². The van der Waals surface area contributed by atoms with Crippen LogP contribution < -0.4 is 10.1 Å². The second-order valence-corrected chi connectivity index (χ2v) is 8.50. The van der Waals surface area contributed by atoms with E-state index in [9.17, 15) is 19.5 Å². The number of β-lactam (4-membered cyclic amide) rings is 1. The largest absolute Gasteiger partial charge is 0.508 e. The average Bonchev–Trinajstić information content (AvgIpc) is 2.63. The molecule has 28 heavy (non-hydrogen) atoms. The molecule has 1 aromatic rings. The van der Waals surface area contributed by atoms with Crippen molar-refractivity contribution in [3.05, 3.63) is 36.0 Å². The Balaban J connectivity index is 1.55. The van der Waals surface area contributed by atoms with Crippen molar-refractivity contribution < 1.29 is 29.0 Å². The second-order valence-electron chi connectivity index (χ2n) is 7.35. The maximum atomic E-state index is 12.5. The van der Waals surface area contributed by atoms with Crippen molar-refractivity contribution in [2.75, 3.05) is 12.4 Å². The van der Waals surface area contributed by atoms with Crippen LogP contribution in [-0.4, -0.2) is 57.2 Å². The highest BCUT2D eigenvalue weighted by atomic mass is 32.2. The summed E-state index contributed by atoms with van der Waals surface area (Å²) in [6.45, 7) is 5.02. The van der Waals surface area contributed by atoms with Crippen molar-refractivity contribution in [3.8, 4) is 11.5 Å². The maximum Gasteiger partial charge on any atom is 0.355 e. The molecule has 1 unspecified atom stereocenters. The number of nitrogens with one attached hydrogen (secondary N) is 1. The van der Waals surface area contributed by atoms with Gasteiger partial charge >= 0.3 is 5.97 Å². The lowest BCUT2D eigenvalue weighted by molar-refractivity contribution is -0.158. The molecule has 2 N–H and O–H groups in total. The van der Waals surface area contributed by atoms with Gasteiger partial charge in [0.25, 0.3) is 11.8 Å². The molecular formula is C19H22N2O6S. The topological polar surface area (TPSA) is 105 Å². The van der Waals surface area contributed by atoms with Crippen molar-refractivity contribution in [1.82, 2.24) is 10.2 Å². The molecule has 2 aliphatic rings. The van der Waals surface area contributed by atoms with Crippen LogP contribution in [0.5, 0.6) is 11.5 Å². The fourth-order valence-electron chi connectivity index (χ4n) is 2.77. The Labute approximate surface area is 166 Å². The van der Waals surface area contributed by atoms with Crippen LogP contribution in [0.15, 0.2) is 36.0 Å². The fraction of sp³-hybridized carbons (Fsp3) is 0.421. The minimum atomic E-state index is -0.716. The second kappa shape index (κ2) is 7.75. The Morgan fingerprint density at radius 1 is 1.29 bits per heavy atom. The maximum absolute atomic E-state index is 12.5. The minimum absolute atomic E-state index is 0.0973. The number of esters is 1. The van der Waals surface area contributed by atoms with Crippen LogP contribution in [0.4, 0.5) is 0 Å². The highest BCUT2D eigenvalue weighted by Gasteiger charge is 2.53. The third-order valence-corrected chi connectivity index (χ3v) is 5.16. The Morgan fingerprint density at radius 3 is 2.61 bits per heavy atom. The molecule has 1 fully saturated rings. The van der Waals surface area contributed by atoms with E-state index in [0.29, 0.717) is 11.5 Å². The summed E-state index contributed by atoms with van der Waals surface area (Å²) < 4.78 is 10.7. The Morgan fingerprint density at radius 2 is 1.96 bits per heavy atom. The van der Waals surface area contributed by atoms with E-state index in [1.165, 1.54) is 40.9 Å². The first kappa shape index (κ1) is 20.1. The number of hydrogen-bond donors (Lipinski definition) is 2. The predicted octanol–water partition coefficient (Wildman–Crippen LogP) is 1.40. The number of carbonyl (C=O) groups is 3.